The van der Waals surface area contributed by atoms with Gasteiger partial charge in [0.25, 0.3) is 0 Å². The summed E-state index contributed by atoms with van der Waals surface area (Å²) in [5.74, 6) is -1.01. The Balaban J connectivity index is 2.64. The van der Waals surface area contributed by atoms with Crippen LogP contribution in [0, 0.1) is 0 Å². The number of carboxylic acids is 1. The number of aliphatic hydroxyl groups is 1. The van der Waals surface area contributed by atoms with Crippen molar-refractivity contribution in [1.29, 1.82) is 0 Å². The van der Waals surface area contributed by atoms with Gasteiger partial charge in [0.2, 0.25) is 0 Å². The van der Waals surface area contributed by atoms with E-state index in [1.807, 2.05) is 6.92 Å². The maximum Gasteiger partial charge on any atom is 0.335 e. The van der Waals surface area contributed by atoms with E-state index in [9.17, 15) is 9.59 Å². The largest absolute Gasteiger partial charge is 0.478 e. The zero-order valence-electron chi connectivity index (χ0n) is 11.5. The number of carboxylic acid groups (broad SMARTS) is 1. The summed E-state index contributed by atoms with van der Waals surface area (Å²) in [6.45, 7) is 2.80. The minimum absolute atomic E-state index is 0.0882. The third kappa shape index (κ3) is 4.89. The monoisotopic (exact) mass is 280 g/mol. The van der Waals surface area contributed by atoms with Gasteiger partial charge in [-0.25, -0.2) is 9.59 Å². The Morgan fingerprint density at radius 3 is 2.35 bits per heavy atom. The van der Waals surface area contributed by atoms with Crippen LogP contribution in [0.1, 0.15) is 30.1 Å². The molecule has 0 bridgehead atoms. The maximum atomic E-state index is 12.0. The SMILES string of the molecule is CCCCN(CCO)C(=O)Nc1ccc(C(=O)O)cc1. The molecule has 0 spiro atoms. The van der Waals surface area contributed by atoms with Crippen LogP contribution in [-0.4, -0.2) is 46.8 Å². The van der Waals surface area contributed by atoms with Gasteiger partial charge in [-0.05, 0) is 30.7 Å². The summed E-state index contributed by atoms with van der Waals surface area (Å²) in [4.78, 5) is 24.3. The van der Waals surface area contributed by atoms with E-state index in [1.54, 1.807) is 0 Å². The van der Waals surface area contributed by atoms with Gasteiger partial charge in [0, 0.05) is 18.8 Å². The molecule has 6 heteroatoms. The normalized spacial score (nSPS) is 10.1. The molecule has 0 fully saturated rings. The number of amides is 2. The smallest absolute Gasteiger partial charge is 0.335 e. The lowest BCUT2D eigenvalue weighted by Crippen LogP contribution is -2.37. The number of nitrogens with one attached hydrogen (secondary N) is 1. The molecule has 1 aromatic carbocycles. The first-order valence-corrected chi connectivity index (χ1v) is 6.58. The van der Waals surface area contributed by atoms with Crippen molar-refractivity contribution >= 4 is 17.7 Å². The molecular formula is C14H20N2O4. The van der Waals surface area contributed by atoms with Gasteiger partial charge in [-0.3, -0.25) is 0 Å². The standard InChI is InChI=1S/C14H20N2O4/c1-2-3-8-16(9-10-17)14(20)15-12-6-4-11(5-7-12)13(18)19/h4-7,17H,2-3,8-10H2,1H3,(H,15,20)(H,18,19). The number of nitrogens with zero attached hydrogens (tertiary/aromatic N) is 1. The minimum Gasteiger partial charge on any atom is -0.478 e. The molecular weight excluding hydrogens is 260 g/mol. The molecule has 0 saturated carbocycles. The van der Waals surface area contributed by atoms with Crippen molar-refractivity contribution in [1.82, 2.24) is 4.90 Å². The molecule has 0 aliphatic carbocycles. The number of carbonyl (C=O) groups is 2. The number of aliphatic hydroxyl groups excluding tert-OH is 1. The molecule has 0 atom stereocenters. The quantitative estimate of drug-likeness (QED) is 0.712. The zero-order valence-corrected chi connectivity index (χ0v) is 11.5. The third-order valence-corrected chi connectivity index (χ3v) is 2.82. The van der Waals surface area contributed by atoms with E-state index in [4.69, 9.17) is 10.2 Å². The van der Waals surface area contributed by atoms with Crippen molar-refractivity contribution in [2.45, 2.75) is 19.8 Å². The van der Waals surface area contributed by atoms with Crippen LogP contribution in [-0.2, 0) is 0 Å². The Bertz CT molecular complexity index is 445. The van der Waals surface area contributed by atoms with Crippen LogP contribution in [0.5, 0.6) is 0 Å². The summed E-state index contributed by atoms with van der Waals surface area (Å²) >= 11 is 0. The molecule has 0 saturated heterocycles. The fourth-order valence-corrected chi connectivity index (χ4v) is 1.68. The number of hydrogen-bond acceptors (Lipinski definition) is 3. The number of benzene rings is 1. The van der Waals surface area contributed by atoms with Crippen LogP contribution in [0.2, 0.25) is 0 Å². The Hall–Kier alpha value is -2.08. The molecule has 1 rings (SSSR count). The van der Waals surface area contributed by atoms with Gasteiger partial charge in [-0.15, -0.1) is 0 Å². The van der Waals surface area contributed by atoms with Gasteiger partial charge >= 0.3 is 12.0 Å². The van der Waals surface area contributed by atoms with Gasteiger partial charge in [0.1, 0.15) is 0 Å². The Morgan fingerprint density at radius 1 is 1.20 bits per heavy atom. The van der Waals surface area contributed by atoms with E-state index in [-0.39, 0.29) is 24.7 Å². The summed E-state index contributed by atoms with van der Waals surface area (Å²) in [7, 11) is 0. The summed E-state index contributed by atoms with van der Waals surface area (Å²) in [6, 6.07) is 5.65. The lowest BCUT2D eigenvalue weighted by molar-refractivity contribution is 0.0697. The summed E-state index contributed by atoms with van der Waals surface area (Å²) < 4.78 is 0. The second kappa shape index (κ2) is 8.16. The van der Waals surface area contributed by atoms with Crippen molar-refractivity contribution in [3.8, 4) is 0 Å². The number of hydrogen-bond donors (Lipinski definition) is 3. The number of aromatic carboxylic acids is 1. The highest BCUT2D eigenvalue weighted by molar-refractivity contribution is 5.91. The highest BCUT2D eigenvalue weighted by Crippen LogP contribution is 2.10. The van der Waals surface area contributed by atoms with E-state index < -0.39 is 5.97 Å². The van der Waals surface area contributed by atoms with Gasteiger partial charge in [0.15, 0.2) is 0 Å². The first-order valence-electron chi connectivity index (χ1n) is 6.58. The first kappa shape index (κ1) is 16.0. The summed E-state index contributed by atoms with van der Waals surface area (Å²) in [5.41, 5.74) is 0.695. The van der Waals surface area contributed by atoms with Crippen LogP contribution < -0.4 is 5.32 Å². The fourth-order valence-electron chi connectivity index (χ4n) is 1.68. The van der Waals surface area contributed by atoms with E-state index in [0.29, 0.717) is 12.2 Å². The van der Waals surface area contributed by atoms with E-state index in [1.165, 1.54) is 29.2 Å². The first-order chi connectivity index (χ1) is 9.58. The number of unbranched alkanes of at least 4 members (excludes halogenated alkanes) is 1. The Kier molecular flexibility index (Phi) is 6.52. The summed E-state index contributed by atoms with van der Waals surface area (Å²) in [6.07, 6.45) is 1.83. The van der Waals surface area contributed by atoms with Crippen molar-refractivity contribution < 1.29 is 19.8 Å². The minimum atomic E-state index is -1.01. The van der Waals surface area contributed by atoms with E-state index >= 15 is 0 Å². The average molecular weight is 280 g/mol. The average Bonchev–Trinajstić information content (AvgIpc) is 2.43. The highest BCUT2D eigenvalue weighted by Gasteiger charge is 2.12. The summed E-state index contributed by atoms with van der Waals surface area (Å²) in [5, 5.41) is 20.4. The van der Waals surface area contributed by atoms with Crippen molar-refractivity contribution in [3.05, 3.63) is 29.8 Å². The van der Waals surface area contributed by atoms with Crippen LogP contribution in [0.4, 0.5) is 10.5 Å². The van der Waals surface area contributed by atoms with Crippen LogP contribution in [0.15, 0.2) is 24.3 Å². The van der Waals surface area contributed by atoms with Crippen molar-refractivity contribution in [3.63, 3.8) is 0 Å². The third-order valence-electron chi connectivity index (χ3n) is 2.82. The molecule has 0 aliphatic rings. The van der Waals surface area contributed by atoms with Gasteiger partial charge in [-0.1, -0.05) is 13.3 Å². The maximum absolute atomic E-state index is 12.0. The lowest BCUT2D eigenvalue weighted by atomic mass is 10.2. The van der Waals surface area contributed by atoms with Crippen LogP contribution in [0.3, 0.4) is 0 Å². The number of rotatable bonds is 7. The van der Waals surface area contributed by atoms with Crippen LogP contribution >= 0.6 is 0 Å². The molecule has 6 nitrogen and oxygen atoms in total. The Morgan fingerprint density at radius 2 is 1.85 bits per heavy atom. The molecule has 0 aromatic heterocycles. The molecule has 110 valence electrons. The lowest BCUT2D eigenvalue weighted by Gasteiger charge is -2.22. The molecule has 2 amide bonds. The van der Waals surface area contributed by atoms with Gasteiger partial charge in [-0.2, -0.15) is 0 Å². The van der Waals surface area contributed by atoms with E-state index in [2.05, 4.69) is 5.32 Å². The Labute approximate surface area is 118 Å². The predicted octanol–water partition coefficient (Wildman–Crippen LogP) is 2.01. The van der Waals surface area contributed by atoms with Crippen molar-refractivity contribution in [2.24, 2.45) is 0 Å². The molecule has 0 radical (unpaired) electrons. The zero-order chi connectivity index (χ0) is 15.0. The van der Waals surface area contributed by atoms with E-state index in [0.717, 1.165) is 12.8 Å². The molecule has 0 unspecified atom stereocenters. The van der Waals surface area contributed by atoms with Crippen molar-refractivity contribution in [2.75, 3.05) is 25.0 Å². The molecule has 3 N–H and O–H groups in total. The molecule has 0 heterocycles. The molecule has 20 heavy (non-hydrogen) atoms. The molecule has 0 aliphatic heterocycles. The topological polar surface area (TPSA) is 89.9 Å². The molecule has 1 aromatic rings. The highest BCUT2D eigenvalue weighted by atomic mass is 16.4. The second-order valence-corrected chi connectivity index (χ2v) is 4.38. The fraction of sp³-hybridized carbons (Fsp3) is 0.429. The number of anilines is 1. The number of carbonyl (C=O) groups excluding carboxylic acids is 1. The second-order valence-electron chi connectivity index (χ2n) is 4.38. The van der Waals surface area contributed by atoms with Crippen LogP contribution in [0.25, 0.3) is 0 Å². The van der Waals surface area contributed by atoms with Gasteiger partial charge < -0.3 is 20.4 Å². The number of urea groups is 1. The predicted molar refractivity (Wildman–Crippen MR) is 76.0 cm³/mol. The van der Waals surface area contributed by atoms with Gasteiger partial charge in [0.05, 0.1) is 12.2 Å².